The molecule has 17 heavy (non-hydrogen) atoms. The third-order valence-corrected chi connectivity index (χ3v) is 0.787. The number of hydrogen-bond acceptors (Lipinski definition) is 3. The Labute approximate surface area is 109 Å². The predicted octanol–water partition coefficient (Wildman–Crippen LogP) is 4.29. The number of carbonyl (C=O) groups excluding carboxylic acids is 2. The minimum Gasteiger partial charge on any atom is -0.385 e. The van der Waals surface area contributed by atoms with E-state index in [1.807, 2.05) is 13.8 Å². The first kappa shape index (κ1) is 29.9. The van der Waals surface area contributed by atoms with Gasteiger partial charge in [-0.15, -0.1) is 0 Å². The highest BCUT2D eigenvalue weighted by Crippen LogP contribution is 1.71. The van der Waals surface area contributed by atoms with Gasteiger partial charge in [-0.1, -0.05) is 34.6 Å². The number of ether oxygens (including phenoxy) is 1. The van der Waals surface area contributed by atoms with Crippen LogP contribution in [-0.4, -0.2) is 25.3 Å². The molecule has 0 aliphatic rings. The van der Waals surface area contributed by atoms with Crippen molar-refractivity contribution in [2.75, 3.05) is 13.7 Å². The van der Waals surface area contributed by atoms with Crippen LogP contribution < -0.4 is 0 Å². The van der Waals surface area contributed by atoms with Gasteiger partial charge in [-0.25, -0.2) is 0 Å². The fraction of sp³-hybridized carbons (Fsp3) is 0.857. The quantitative estimate of drug-likeness (QED) is 0.734. The van der Waals surface area contributed by atoms with Crippen LogP contribution in [0.25, 0.3) is 0 Å². The zero-order valence-corrected chi connectivity index (χ0v) is 12.3. The molecule has 0 fully saturated rings. The molecule has 0 aliphatic carbocycles. The molecule has 0 aliphatic heterocycles. The van der Waals surface area contributed by atoms with Gasteiger partial charge in [0.1, 0.15) is 11.6 Å². The topological polar surface area (TPSA) is 43.4 Å². The summed E-state index contributed by atoms with van der Waals surface area (Å²) >= 11 is 0. The van der Waals surface area contributed by atoms with Gasteiger partial charge in [0.2, 0.25) is 0 Å². The molecule has 0 saturated carbocycles. The molecule has 0 unspecified atom stereocenters. The van der Waals surface area contributed by atoms with Crippen LogP contribution in [-0.2, 0) is 14.3 Å². The van der Waals surface area contributed by atoms with Crippen LogP contribution in [0.4, 0.5) is 0 Å². The van der Waals surface area contributed by atoms with Gasteiger partial charge in [0.05, 0.1) is 0 Å². The van der Waals surface area contributed by atoms with Crippen LogP contribution in [0.5, 0.6) is 0 Å². The lowest BCUT2D eigenvalue weighted by molar-refractivity contribution is -0.117. The maximum Gasteiger partial charge on any atom is 0.129 e. The molecule has 0 aromatic carbocycles. The molecular formula is C14H34O3. The SMILES string of the molecule is C.CC(C)=O.CCC.CCC(C)=O.CCOC. The van der Waals surface area contributed by atoms with E-state index in [9.17, 15) is 9.59 Å². The van der Waals surface area contributed by atoms with Gasteiger partial charge >= 0.3 is 0 Å². The zero-order chi connectivity index (χ0) is 14.0. The number of hydrogen-bond donors (Lipinski definition) is 0. The second kappa shape index (κ2) is 36.2. The molecule has 108 valence electrons. The van der Waals surface area contributed by atoms with E-state index in [1.165, 1.54) is 20.3 Å². The normalized spacial score (nSPS) is 6.59. The van der Waals surface area contributed by atoms with Crippen LogP contribution >= 0.6 is 0 Å². The molecule has 0 rings (SSSR count). The van der Waals surface area contributed by atoms with E-state index in [-0.39, 0.29) is 19.0 Å². The van der Waals surface area contributed by atoms with E-state index in [0.29, 0.717) is 6.42 Å². The van der Waals surface area contributed by atoms with Crippen molar-refractivity contribution in [2.24, 2.45) is 0 Å². The van der Waals surface area contributed by atoms with Crippen molar-refractivity contribution in [3.8, 4) is 0 Å². The summed E-state index contributed by atoms with van der Waals surface area (Å²) < 4.78 is 4.54. The standard InChI is InChI=1S/C4H8O.C3H8O.C3H6O.C3H8.CH4/c1-3-4(2)5;1-3-4-2;1-3(2)4;1-3-2;/h3H2,1-2H3;3H2,1-2H3;1-2H3;3H2,1-2H3;1H4. The molecular weight excluding hydrogens is 216 g/mol. The average Bonchev–Trinajstić information content (AvgIpc) is 2.18. The third kappa shape index (κ3) is 512. The summed E-state index contributed by atoms with van der Waals surface area (Å²) in [6.45, 7) is 13.5. The minimum absolute atomic E-state index is 0. The van der Waals surface area contributed by atoms with E-state index in [0.717, 1.165) is 6.61 Å². The molecule has 0 bridgehead atoms. The lowest BCUT2D eigenvalue weighted by Gasteiger charge is -1.76. The Kier molecular flexibility index (Phi) is 63.6. The van der Waals surface area contributed by atoms with Gasteiger partial charge in [-0.3, -0.25) is 0 Å². The van der Waals surface area contributed by atoms with Gasteiger partial charge in [-0.2, -0.15) is 0 Å². The highest BCUT2D eigenvalue weighted by molar-refractivity contribution is 5.74. The molecule has 0 spiro atoms. The summed E-state index contributed by atoms with van der Waals surface area (Å²) in [5, 5.41) is 0. The second-order valence-corrected chi connectivity index (χ2v) is 3.25. The maximum atomic E-state index is 9.81. The van der Waals surface area contributed by atoms with Gasteiger partial charge in [0.15, 0.2) is 0 Å². The molecule has 0 N–H and O–H groups in total. The highest BCUT2D eigenvalue weighted by Gasteiger charge is 1.76. The van der Waals surface area contributed by atoms with Crippen LogP contribution in [0.1, 0.15) is 68.7 Å². The van der Waals surface area contributed by atoms with Crippen molar-refractivity contribution < 1.29 is 14.3 Å². The summed E-state index contributed by atoms with van der Waals surface area (Å²) in [6.07, 6.45) is 1.92. The molecule has 0 saturated heterocycles. The van der Waals surface area contributed by atoms with Crippen molar-refractivity contribution in [2.45, 2.75) is 68.7 Å². The van der Waals surface area contributed by atoms with Crippen molar-refractivity contribution >= 4 is 11.6 Å². The monoisotopic (exact) mass is 250 g/mol. The number of rotatable bonds is 2. The van der Waals surface area contributed by atoms with Gasteiger partial charge in [0, 0.05) is 20.1 Å². The van der Waals surface area contributed by atoms with Crippen molar-refractivity contribution in [1.29, 1.82) is 0 Å². The third-order valence-electron chi connectivity index (χ3n) is 0.787. The van der Waals surface area contributed by atoms with Crippen LogP contribution in [0.3, 0.4) is 0 Å². The van der Waals surface area contributed by atoms with E-state index in [4.69, 9.17) is 0 Å². The van der Waals surface area contributed by atoms with Crippen molar-refractivity contribution in [3.05, 3.63) is 0 Å². The summed E-state index contributed by atoms with van der Waals surface area (Å²) in [5.41, 5.74) is 0. The first-order chi connectivity index (χ1) is 7.33. The molecule has 0 amide bonds. The molecule has 0 radical (unpaired) electrons. The van der Waals surface area contributed by atoms with Crippen molar-refractivity contribution in [3.63, 3.8) is 0 Å². The largest absolute Gasteiger partial charge is 0.385 e. The number of methoxy groups -OCH3 is 1. The van der Waals surface area contributed by atoms with Crippen LogP contribution in [0.2, 0.25) is 0 Å². The van der Waals surface area contributed by atoms with Gasteiger partial charge < -0.3 is 14.3 Å². The maximum absolute atomic E-state index is 9.81. The summed E-state index contributed by atoms with van der Waals surface area (Å²) in [5.74, 6) is 0.421. The van der Waals surface area contributed by atoms with E-state index >= 15 is 0 Å². The first-order valence-electron chi connectivity index (χ1n) is 5.79. The summed E-state index contributed by atoms with van der Waals surface area (Å²) in [7, 11) is 1.68. The van der Waals surface area contributed by atoms with Gasteiger partial charge in [0.25, 0.3) is 0 Å². The van der Waals surface area contributed by atoms with Crippen molar-refractivity contribution in [1.82, 2.24) is 0 Å². The van der Waals surface area contributed by atoms with E-state index in [2.05, 4.69) is 18.6 Å². The Bertz CT molecular complexity index is 125. The van der Waals surface area contributed by atoms with Gasteiger partial charge in [-0.05, 0) is 27.7 Å². The molecule has 0 atom stereocenters. The average molecular weight is 250 g/mol. The Morgan fingerprint density at radius 2 is 1.06 bits per heavy atom. The summed E-state index contributed by atoms with van der Waals surface area (Å²) in [6, 6.07) is 0. The molecule has 0 heterocycles. The molecule has 3 nitrogen and oxygen atoms in total. The Morgan fingerprint density at radius 3 is 1.06 bits per heavy atom. The highest BCUT2D eigenvalue weighted by atomic mass is 16.5. The predicted molar refractivity (Wildman–Crippen MR) is 77.6 cm³/mol. The zero-order valence-electron chi connectivity index (χ0n) is 12.3. The first-order valence-corrected chi connectivity index (χ1v) is 5.79. The molecule has 0 aromatic rings. The second-order valence-electron chi connectivity index (χ2n) is 3.25. The van der Waals surface area contributed by atoms with Crippen LogP contribution in [0.15, 0.2) is 0 Å². The van der Waals surface area contributed by atoms with E-state index in [1.54, 1.807) is 14.0 Å². The lowest BCUT2D eigenvalue weighted by Crippen LogP contribution is -1.80. The fourth-order valence-corrected chi connectivity index (χ4v) is 0. The summed E-state index contributed by atoms with van der Waals surface area (Å²) in [4.78, 5) is 19.3. The Hall–Kier alpha value is -0.700. The number of ketones is 2. The Balaban J connectivity index is -0.0000000375. The Morgan fingerprint density at radius 1 is 0.941 bits per heavy atom. The van der Waals surface area contributed by atoms with Crippen LogP contribution in [0, 0.1) is 0 Å². The molecule has 0 aromatic heterocycles. The smallest absolute Gasteiger partial charge is 0.129 e. The lowest BCUT2D eigenvalue weighted by atomic mass is 10.4. The molecule has 3 heteroatoms. The number of carbonyl (C=O) groups is 2. The fourth-order valence-electron chi connectivity index (χ4n) is 0. The number of Topliss-reactive ketones (excluding diaryl/α,β-unsaturated/α-hetero) is 2. The minimum atomic E-state index is 0. The van der Waals surface area contributed by atoms with E-state index < -0.39 is 0 Å².